The molecule has 1 amide bonds. The monoisotopic (exact) mass is 250 g/mol. The van der Waals surface area contributed by atoms with Crippen LogP contribution in [0.1, 0.15) is 17.4 Å². The number of carbonyl (C=O) groups is 2. The van der Waals surface area contributed by atoms with Gasteiger partial charge < -0.3 is 15.1 Å². The summed E-state index contributed by atoms with van der Waals surface area (Å²) in [5.74, 6) is -1.87. The van der Waals surface area contributed by atoms with E-state index in [0.717, 1.165) is 0 Å². The molecule has 0 spiro atoms. The molecule has 96 valence electrons. The van der Waals surface area contributed by atoms with Crippen molar-refractivity contribution in [2.24, 2.45) is 11.8 Å². The summed E-state index contributed by atoms with van der Waals surface area (Å²) >= 11 is 0. The van der Waals surface area contributed by atoms with Gasteiger partial charge in [0.2, 0.25) is 0 Å². The first kappa shape index (κ1) is 12.3. The first-order chi connectivity index (χ1) is 8.50. The molecule has 0 bridgehead atoms. The Bertz CT molecular complexity index is 483. The summed E-state index contributed by atoms with van der Waals surface area (Å²) in [5.41, 5.74) is 0.0129. The Morgan fingerprint density at radius 2 is 2.17 bits per heavy atom. The van der Waals surface area contributed by atoms with E-state index in [-0.39, 0.29) is 23.3 Å². The first-order valence-electron chi connectivity index (χ1n) is 5.66. The molecule has 2 rings (SSSR count). The molecule has 2 heterocycles. The van der Waals surface area contributed by atoms with Gasteiger partial charge in [-0.05, 0) is 12.1 Å². The molecule has 1 unspecified atom stereocenters. The van der Waals surface area contributed by atoms with Gasteiger partial charge in [0, 0.05) is 25.2 Å². The maximum atomic E-state index is 11.9. The summed E-state index contributed by atoms with van der Waals surface area (Å²) < 4.78 is 0. The third kappa shape index (κ3) is 2.13. The Morgan fingerprint density at radius 3 is 2.72 bits per heavy atom. The quantitative estimate of drug-likeness (QED) is 0.818. The fraction of sp³-hybridized carbons (Fsp3) is 0.417. The van der Waals surface area contributed by atoms with Gasteiger partial charge in [-0.1, -0.05) is 6.92 Å². The molecule has 0 aliphatic carbocycles. The van der Waals surface area contributed by atoms with Crippen molar-refractivity contribution in [2.45, 2.75) is 6.92 Å². The lowest BCUT2D eigenvalue weighted by Crippen LogP contribution is -2.53. The Balaban J connectivity index is 1.99. The Hall–Kier alpha value is -2.11. The maximum absolute atomic E-state index is 11.9. The molecule has 0 radical (unpaired) electrons. The maximum Gasteiger partial charge on any atom is 0.306 e. The van der Waals surface area contributed by atoms with Crippen molar-refractivity contribution in [1.82, 2.24) is 9.88 Å². The molecule has 0 saturated carbocycles. The zero-order chi connectivity index (χ0) is 13.3. The first-order valence-corrected chi connectivity index (χ1v) is 5.66. The number of nitrogens with zero attached hydrogens (tertiary/aromatic N) is 2. The summed E-state index contributed by atoms with van der Waals surface area (Å²) in [4.78, 5) is 28.0. The van der Waals surface area contributed by atoms with Gasteiger partial charge in [0.25, 0.3) is 5.91 Å². The van der Waals surface area contributed by atoms with Crippen LogP contribution in [0.2, 0.25) is 0 Å². The van der Waals surface area contributed by atoms with Gasteiger partial charge >= 0.3 is 5.97 Å². The molecule has 2 N–H and O–H groups in total. The minimum atomic E-state index is -0.854. The summed E-state index contributed by atoms with van der Waals surface area (Å²) in [7, 11) is 0. The van der Waals surface area contributed by atoms with E-state index in [9.17, 15) is 14.7 Å². The predicted octanol–water partition coefficient (Wildman–Crippen LogP) is 0.580. The number of pyridine rings is 1. The Kier molecular flexibility index (Phi) is 3.18. The molecular formula is C12H14N2O4. The molecule has 1 aliphatic heterocycles. The van der Waals surface area contributed by atoms with Crippen molar-refractivity contribution in [1.29, 1.82) is 0 Å². The molecule has 1 aromatic heterocycles. The molecule has 18 heavy (non-hydrogen) atoms. The fourth-order valence-electron chi connectivity index (χ4n) is 1.91. The average Bonchev–Trinajstić information content (AvgIpc) is 2.27. The highest BCUT2D eigenvalue weighted by atomic mass is 16.4. The average molecular weight is 250 g/mol. The molecule has 1 aliphatic rings. The zero-order valence-electron chi connectivity index (χ0n) is 9.91. The van der Waals surface area contributed by atoms with Crippen molar-refractivity contribution in [3.05, 3.63) is 24.0 Å². The van der Waals surface area contributed by atoms with Crippen LogP contribution in [0.3, 0.4) is 0 Å². The van der Waals surface area contributed by atoms with Crippen LogP contribution in [0.5, 0.6) is 5.75 Å². The van der Waals surface area contributed by atoms with E-state index >= 15 is 0 Å². The lowest BCUT2D eigenvalue weighted by molar-refractivity contribution is -0.144. The van der Waals surface area contributed by atoms with Crippen molar-refractivity contribution < 1.29 is 19.8 Å². The van der Waals surface area contributed by atoms with Crippen LogP contribution in [0.25, 0.3) is 0 Å². The minimum Gasteiger partial charge on any atom is -0.505 e. The zero-order valence-corrected chi connectivity index (χ0v) is 9.91. The highest BCUT2D eigenvalue weighted by Crippen LogP contribution is 2.26. The molecule has 1 fully saturated rings. The van der Waals surface area contributed by atoms with E-state index < -0.39 is 11.9 Å². The van der Waals surface area contributed by atoms with Gasteiger partial charge in [0.1, 0.15) is 5.75 Å². The number of carboxylic acids is 1. The number of aromatic hydroxyl groups is 1. The van der Waals surface area contributed by atoms with E-state index in [1.165, 1.54) is 23.2 Å². The lowest BCUT2D eigenvalue weighted by atomic mass is 9.87. The highest BCUT2D eigenvalue weighted by molar-refractivity contribution is 5.95. The van der Waals surface area contributed by atoms with E-state index in [2.05, 4.69) is 4.98 Å². The second kappa shape index (κ2) is 4.64. The second-order valence-corrected chi connectivity index (χ2v) is 4.47. The van der Waals surface area contributed by atoms with Crippen LogP contribution >= 0.6 is 0 Å². The SMILES string of the molecule is CC(C(=O)O)C1CN(C(=O)c2ncccc2O)C1. The van der Waals surface area contributed by atoms with Gasteiger partial charge in [0.15, 0.2) is 5.69 Å². The van der Waals surface area contributed by atoms with Crippen molar-refractivity contribution in [2.75, 3.05) is 13.1 Å². The number of aromatic nitrogens is 1. The summed E-state index contributed by atoms with van der Waals surface area (Å²) in [6, 6.07) is 2.94. The number of rotatable bonds is 3. The number of carbonyl (C=O) groups excluding carboxylic acids is 1. The van der Waals surface area contributed by atoms with E-state index in [0.29, 0.717) is 13.1 Å². The standard InChI is InChI=1S/C12H14N2O4/c1-7(12(17)18)8-5-14(6-8)11(16)10-9(15)3-2-4-13-10/h2-4,7-8,15H,5-6H2,1H3,(H,17,18). The van der Waals surface area contributed by atoms with Gasteiger partial charge in [-0.25, -0.2) is 4.98 Å². The number of hydrogen-bond donors (Lipinski definition) is 2. The number of aliphatic carboxylic acids is 1. The lowest BCUT2D eigenvalue weighted by Gasteiger charge is -2.41. The Labute approximate surface area is 104 Å². The number of amides is 1. The molecular weight excluding hydrogens is 236 g/mol. The normalized spacial score (nSPS) is 17.1. The van der Waals surface area contributed by atoms with Crippen LogP contribution in [-0.4, -0.2) is 45.1 Å². The number of hydrogen-bond acceptors (Lipinski definition) is 4. The molecule has 6 heteroatoms. The van der Waals surface area contributed by atoms with Crippen molar-refractivity contribution in [3.63, 3.8) is 0 Å². The largest absolute Gasteiger partial charge is 0.505 e. The van der Waals surface area contributed by atoms with Crippen LogP contribution in [0.4, 0.5) is 0 Å². The van der Waals surface area contributed by atoms with Crippen LogP contribution in [-0.2, 0) is 4.79 Å². The van der Waals surface area contributed by atoms with Crippen LogP contribution < -0.4 is 0 Å². The van der Waals surface area contributed by atoms with Gasteiger partial charge in [-0.3, -0.25) is 9.59 Å². The van der Waals surface area contributed by atoms with Crippen LogP contribution in [0, 0.1) is 11.8 Å². The Morgan fingerprint density at radius 1 is 1.50 bits per heavy atom. The van der Waals surface area contributed by atoms with Crippen LogP contribution in [0.15, 0.2) is 18.3 Å². The highest BCUT2D eigenvalue weighted by Gasteiger charge is 2.38. The number of carboxylic acid groups (broad SMARTS) is 1. The molecule has 6 nitrogen and oxygen atoms in total. The molecule has 1 aromatic rings. The van der Waals surface area contributed by atoms with Gasteiger partial charge in [-0.2, -0.15) is 0 Å². The van der Waals surface area contributed by atoms with E-state index in [4.69, 9.17) is 5.11 Å². The molecule has 1 atom stereocenters. The van der Waals surface area contributed by atoms with Crippen molar-refractivity contribution >= 4 is 11.9 Å². The minimum absolute atomic E-state index is 0.0129. The van der Waals surface area contributed by atoms with E-state index in [1.807, 2.05) is 0 Å². The van der Waals surface area contributed by atoms with Gasteiger partial charge in [0.05, 0.1) is 5.92 Å². The van der Waals surface area contributed by atoms with E-state index in [1.54, 1.807) is 6.92 Å². The third-order valence-electron chi connectivity index (χ3n) is 3.28. The summed E-state index contributed by atoms with van der Waals surface area (Å²) in [6.45, 7) is 2.41. The third-order valence-corrected chi connectivity index (χ3v) is 3.28. The molecule has 1 saturated heterocycles. The predicted molar refractivity (Wildman–Crippen MR) is 62.1 cm³/mol. The summed E-state index contributed by atoms with van der Waals surface area (Å²) in [6.07, 6.45) is 1.43. The summed E-state index contributed by atoms with van der Waals surface area (Å²) in [5, 5.41) is 18.4. The topological polar surface area (TPSA) is 90.7 Å². The molecule has 0 aromatic carbocycles. The van der Waals surface area contributed by atoms with Gasteiger partial charge in [-0.15, -0.1) is 0 Å². The fourth-order valence-corrected chi connectivity index (χ4v) is 1.91. The number of likely N-dealkylation sites (tertiary alicyclic amines) is 1. The van der Waals surface area contributed by atoms with Crippen molar-refractivity contribution in [3.8, 4) is 5.75 Å². The smallest absolute Gasteiger partial charge is 0.306 e. The second-order valence-electron chi connectivity index (χ2n) is 4.47.